The van der Waals surface area contributed by atoms with Gasteiger partial charge in [-0.1, -0.05) is 34.1 Å². The Morgan fingerprint density at radius 2 is 2.05 bits per heavy atom. The van der Waals surface area contributed by atoms with Crippen molar-refractivity contribution in [2.75, 3.05) is 0 Å². The minimum atomic E-state index is -0.107. The molecule has 2 rings (SSSR count). The molecule has 3 N–H and O–H groups in total. The van der Waals surface area contributed by atoms with Crippen molar-refractivity contribution < 1.29 is 9.84 Å². The normalized spacial score (nSPS) is 12.2. The van der Waals surface area contributed by atoms with Gasteiger partial charge in [0.1, 0.15) is 11.5 Å². The Bertz CT molecular complexity index is 570. The minimum absolute atomic E-state index is 0.00413. The van der Waals surface area contributed by atoms with E-state index in [4.69, 9.17) is 15.6 Å². The largest absolute Gasteiger partial charge is 0.457 e. The first-order valence-electron chi connectivity index (χ1n) is 6.03. The quantitative estimate of drug-likeness (QED) is 0.901. The van der Waals surface area contributed by atoms with Crippen LogP contribution in [0.1, 0.15) is 24.1 Å². The maximum atomic E-state index is 9.13. The van der Waals surface area contributed by atoms with Crippen LogP contribution in [0.4, 0.5) is 0 Å². The van der Waals surface area contributed by atoms with E-state index in [-0.39, 0.29) is 12.6 Å². The first-order valence-corrected chi connectivity index (χ1v) is 6.82. The van der Waals surface area contributed by atoms with Gasteiger partial charge < -0.3 is 15.6 Å². The molecule has 1 atom stereocenters. The lowest BCUT2D eigenvalue weighted by atomic mass is 10.1. The molecule has 100 valence electrons. The van der Waals surface area contributed by atoms with Gasteiger partial charge in [-0.3, -0.25) is 0 Å². The van der Waals surface area contributed by atoms with Crippen LogP contribution in [0.2, 0.25) is 0 Å². The van der Waals surface area contributed by atoms with Crippen molar-refractivity contribution in [3.63, 3.8) is 0 Å². The standard InChI is InChI=1S/C15H16BrNO2/c1-10(17)14-6-5-12(16)8-15(14)19-13-4-2-3-11(7-13)9-18/h2-8,10,18H,9,17H2,1H3. The van der Waals surface area contributed by atoms with Gasteiger partial charge in [0.05, 0.1) is 6.61 Å². The highest BCUT2D eigenvalue weighted by molar-refractivity contribution is 9.10. The maximum absolute atomic E-state index is 9.13. The van der Waals surface area contributed by atoms with Gasteiger partial charge in [0.15, 0.2) is 0 Å². The Hall–Kier alpha value is -1.36. The number of aliphatic hydroxyl groups is 1. The van der Waals surface area contributed by atoms with E-state index in [1.807, 2.05) is 49.4 Å². The zero-order valence-electron chi connectivity index (χ0n) is 10.6. The number of benzene rings is 2. The van der Waals surface area contributed by atoms with Crippen LogP contribution in [0.15, 0.2) is 46.9 Å². The van der Waals surface area contributed by atoms with E-state index in [1.54, 1.807) is 0 Å². The molecule has 0 heterocycles. The Balaban J connectivity index is 2.33. The fourth-order valence-electron chi connectivity index (χ4n) is 1.81. The molecule has 0 saturated carbocycles. The zero-order chi connectivity index (χ0) is 13.8. The van der Waals surface area contributed by atoms with Crippen molar-refractivity contribution in [1.29, 1.82) is 0 Å². The highest BCUT2D eigenvalue weighted by Crippen LogP contribution is 2.31. The molecule has 0 aliphatic carbocycles. The van der Waals surface area contributed by atoms with Gasteiger partial charge in [-0.2, -0.15) is 0 Å². The second kappa shape index (κ2) is 6.19. The number of nitrogens with two attached hydrogens (primary N) is 1. The molecule has 3 nitrogen and oxygen atoms in total. The van der Waals surface area contributed by atoms with E-state index in [0.29, 0.717) is 5.75 Å². The number of ether oxygens (including phenoxy) is 1. The summed E-state index contributed by atoms with van der Waals surface area (Å²) >= 11 is 3.43. The Morgan fingerprint density at radius 1 is 1.26 bits per heavy atom. The average molecular weight is 322 g/mol. The monoisotopic (exact) mass is 321 g/mol. The summed E-state index contributed by atoms with van der Waals surface area (Å²) in [6.45, 7) is 1.91. The summed E-state index contributed by atoms with van der Waals surface area (Å²) in [5, 5.41) is 9.13. The third kappa shape index (κ3) is 3.56. The third-order valence-electron chi connectivity index (χ3n) is 2.78. The van der Waals surface area contributed by atoms with Gasteiger partial charge in [0, 0.05) is 16.1 Å². The molecule has 0 fully saturated rings. The maximum Gasteiger partial charge on any atom is 0.133 e. The fraction of sp³-hybridized carbons (Fsp3) is 0.200. The molecular weight excluding hydrogens is 306 g/mol. The van der Waals surface area contributed by atoms with Crippen LogP contribution in [-0.2, 0) is 6.61 Å². The summed E-state index contributed by atoms with van der Waals surface area (Å²) in [5.41, 5.74) is 7.70. The van der Waals surface area contributed by atoms with Crippen molar-refractivity contribution in [2.24, 2.45) is 5.73 Å². The topological polar surface area (TPSA) is 55.5 Å². The molecule has 0 amide bonds. The summed E-state index contributed by atoms with van der Waals surface area (Å²) < 4.78 is 6.81. The van der Waals surface area contributed by atoms with Crippen molar-refractivity contribution >= 4 is 15.9 Å². The molecule has 19 heavy (non-hydrogen) atoms. The van der Waals surface area contributed by atoms with Crippen LogP contribution in [0.25, 0.3) is 0 Å². The molecular formula is C15H16BrNO2. The van der Waals surface area contributed by atoms with Gasteiger partial charge in [0.25, 0.3) is 0 Å². The second-order valence-electron chi connectivity index (χ2n) is 4.38. The van der Waals surface area contributed by atoms with Gasteiger partial charge in [-0.05, 0) is 36.8 Å². The van der Waals surface area contributed by atoms with Crippen LogP contribution in [0.3, 0.4) is 0 Å². The highest BCUT2D eigenvalue weighted by atomic mass is 79.9. The van der Waals surface area contributed by atoms with E-state index in [2.05, 4.69) is 15.9 Å². The van der Waals surface area contributed by atoms with E-state index in [9.17, 15) is 0 Å². The molecule has 0 aromatic heterocycles. The lowest BCUT2D eigenvalue weighted by Gasteiger charge is -2.14. The van der Waals surface area contributed by atoms with Gasteiger partial charge in [-0.15, -0.1) is 0 Å². The molecule has 0 saturated heterocycles. The summed E-state index contributed by atoms with van der Waals surface area (Å²) in [4.78, 5) is 0. The number of halogens is 1. The Morgan fingerprint density at radius 3 is 2.74 bits per heavy atom. The van der Waals surface area contributed by atoms with Crippen molar-refractivity contribution in [1.82, 2.24) is 0 Å². The molecule has 0 spiro atoms. The SMILES string of the molecule is CC(N)c1ccc(Br)cc1Oc1cccc(CO)c1. The van der Waals surface area contributed by atoms with Gasteiger partial charge in [-0.25, -0.2) is 0 Å². The van der Waals surface area contributed by atoms with Gasteiger partial charge in [0.2, 0.25) is 0 Å². The first-order chi connectivity index (χ1) is 9.10. The number of rotatable bonds is 4. The molecule has 1 unspecified atom stereocenters. The third-order valence-corrected chi connectivity index (χ3v) is 3.27. The average Bonchev–Trinajstić information content (AvgIpc) is 2.38. The van der Waals surface area contributed by atoms with Crippen molar-refractivity contribution in [3.8, 4) is 11.5 Å². The van der Waals surface area contributed by atoms with Crippen molar-refractivity contribution in [2.45, 2.75) is 19.6 Å². The van der Waals surface area contributed by atoms with E-state index < -0.39 is 0 Å². The smallest absolute Gasteiger partial charge is 0.133 e. The van der Waals surface area contributed by atoms with E-state index in [1.165, 1.54) is 0 Å². The predicted molar refractivity (Wildman–Crippen MR) is 79.2 cm³/mol. The highest BCUT2D eigenvalue weighted by Gasteiger charge is 2.10. The molecule has 0 aliphatic rings. The summed E-state index contributed by atoms with van der Waals surface area (Å²) in [5.74, 6) is 1.41. The molecule has 0 bridgehead atoms. The van der Waals surface area contributed by atoms with Crippen LogP contribution < -0.4 is 10.5 Å². The number of hydrogen-bond acceptors (Lipinski definition) is 3. The van der Waals surface area contributed by atoms with Crippen molar-refractivity contribution in [3.05, 3.63) is 58.1 Å². The fourth-order valence-corrected chi connectivity index (χ4v) is 2.15. The van der Waals surface area contributed by atoms with Crippen LogP contribution >= 0.6 is 15.9 Å². The second-order valence-corrected chi connectivity index (χ2v) is 5.29. The van der Waals surface area contributed by atoms with E-state index in [0.717, 1.165) is 21.3 Å². The summed E-state index contributed by atoms with van der Waals surface area (Å²) in [6.07, 6.45) is 0. The van der Waals surface area contributed by atoms with Gasteiger partial charge >= 0.3 is 0 Å². The first kappa shape index (κ1) is 14.1. The lowest BCUT2D eigenvalue weighted by molar-refractivity contribution is 0.281. The van der Waals surface area contributed by atoms with Crippen LogP contribution in [0.5, 0.6) is 11.5 Å². The minimum Gasteiger partial charge on any atom is -0.457 e. The molecule has 2 aromatic carbocycles. The number of aliphatic hydroxyl groups excluding tert-OH is 1. The van der Waals surface area contributed by atoms with E-state index >= 15 is 0 Å². The lowest BCUT2D eigenvalue weighted by Crippen LogP contribution is -2.06. The molecule has 0 radical (unpaired) electrons. The van der Waals surface area contributed by atoms with Crippen LogP contribution in [-0.4, -0.2) is 5.11 Å². The molecule has 0 aliphatic heterocycles. The Labute approximate surface area is 121 Å². The molecule has 2 aromatic rings. The summed E-state index contributed by atoms with van der Waals surface area (Å²) in [6, 6.07) is 13.0. The van der Waals surface area contributed by atoms with Crippen LogP contribution in [0, 0.1) is 0 Å². The zero-order valence-corrected chi connectivity index (χ0v) is 12.2. The molecule has 4 heteroatoms. The summed E-state index contributed by atoms with van der Waals surface area (Å²) in [7, 11) is 0. The Kier molecular flexibility index (Phi) is 4.58. The number of hydrogen-bond donors (Lipinski definition) is 2. The predicted octanol–water partition coefficient (Wildman–Crippen LogP) is 3.75.